The number of phenols is 2. The van der Waals surface area contributed by atoms with Gasteiger partial charge in [-0.25, -0.2) is 0 Å². The topological polar surface area (TPSA) is 77.4 Å². The highest BCUT2D eigenvalue weighted by Crippen LogP contribution is 2.38. The third-order valence-corrected chi connectivity index (χ3v) is 4.49. The van der Waals surface area contributed by atoms with Crippen molar-refractivity contribution in [3.05, 3.63) is 59.7 Å². The standard InChI is InChI=1S/C19H20O6/c20-15-5-1-13(2-6-15)17-22-9-19(10-23-17)11-24-18(25-12-19)14-3-7-16(21)8-4-14/h1-8,17-18,20-21H,9-12H2. The lowest BCUT2D eigenvalue weighted by atomic mass is 9.90. The first-order valence-corrected chi connectivity index (χ1v) is 8.18. The summed E-state index contributed by atoms with van der Waals surface area (Å²) in [6, 6.07) is 13.6. The van der Waals surface area contributed by atoms with Crippen LogP contribution in [-0.4, -0.2) is 36.6 Å². The zero-order chi connectivity index (χ0) is 17.3. The fourth-order valence-electron chi connectivity index (χ4n) is 3.00. The Morgan fingerprint density at radius 3 is 1.24 bits per heavy atom. The minimum atomic E-state index is -0.443. The summed E-state index contributed by atoms with van der Waals surface area (Å²) < 4.78 is 23.4. The summed E-state index contributed by atoms with van der Waals surface area (Å²) in [5.74, 6) is 0.427. The zero-order valence-corrected chi connectivity index (χ0v) is 13.6. The van der Waals surface area contributed by atoms with Gasteiger partial charge in [-0.3, -0.25) is 0 Å². The van der Waals surface area contributed by atoms with Crippen molar-refractivity contribution < 1.29 is 29.2 Å². The Labute approximate surface area is 145 Å². The molecular weight excluding hydrogens is 324 g/mol. The minimum Gasteiger partial charge on any atom is -0.508 e. The highest BCUT2D eigenvalue weighted by molar-refractivity contribution is 5.27. The molecule has 132 valence electrons. The zero-order valence-electron chi connectivity index (χ0n) is 13.6. The van der Waals surface area contributed by atoms with Crippen LogP contribution in [0.3, 0.4) is 0 Å². The lowest BCUT2D eigenvalue weighted by Gasteiger charge is -2.43. The summed E-state index contributed by atoms with van der Waals surface area (Å²) in [7, 11) is 0. The Kier molecular flexibility index (Phi) is 4.35. The van der Waals surface area contributed by atoms with E-state index >= 15 is 0 Å². The van der Waals surface area contributed by atoms with Gasteiger partial charge in [-0.1, -0.05) is 24.3 Å². The van der Waals surface area contributed by atoms with Crippen LogP contribution in [0.5, 0.6) is 11.5 Å². The lowest BCUT2D eigenvalue weighted by molar-refractivity contribution is -0.307. The summed E-state index contributed by atoms with van der Waals surface area (Å²) in [5.41, 5.74) is 1.42. The maximum atomic E-state index is 9.36. The van der Waals surface area contributed by atoms with Crippen molar-refractivity contribution in [3.8, 4) is 11.5 Å². The second-order valence-electron chi connectivity index (χ2n) is 6.59. The van der Waals surface area contributed by atoms with Gasteiger partial charge in [0.2, 0.25) is 0 Å². The molecule has 2 aliphatic heterocycles. The monoisotopic (exact) mass is 344 g/mol. The van der Waals surface area contributed by atoms with Crippen LogP contribution in [0.25, 0.3) is 0 Å². The highest BCUT2D eigenvalue weighted by atomic mass is 16.7. The molecule has 0 unspecified atom stereocenters. The van der Waals surface area contributed by atoms with Crippen molar-refractivity contribution in [2.24, 2.45) is 5.41 Å². The predicted octanol–water partition coefficient (Wildman–Crippen LogP) is 2.88. The van der Waals surface area contributed by atoms with Crippen molar-refractivity contribution in [1.29, 1.82) is 0 Å². The van der Waals surface area contributed by atoms with Gasteiger partial charge < -0.3 is 29.2 Å². The molecule has 2 aliphatic rings. The lowest BCUT2D eigenvalue weighted by Crippen LogP contribution is -2.49. The molecule has 0 saturated carbocycles. The largest absolute Gasteiger partial charge is 0.508 e. The molecule has 2 saturated heterocycles. The number of ether oxygens (including phenoxy) is 4. The van der Waals surface area contributed by atoms with Gasteiger partial charge in [-0.2, -0.15) is 0 Å². The van der Waals surface area contributed by atoms with E-state index < -0.39 is 12.6 Å². The van der Waals surface area contributed by atoms with Crippen LogP contribution in [0.4, 0.5) is 0 Å². The van der Waals surface area contributed by atoms with Gasteiger partial charge in [0.1, 0.15) is 11.5 Å². The van der Waals surface area contributed by atoms with E-state index in [1.54, 1.807) is 48.5 Å². The Bertz CT molecular complexity index is 629. The second kappa shape index (κ2) is 6.65. The molecular formula is C19H20O6. The van der Waals surface area contributed by atoms with E-state index in [1.165, 1.54) is 0 Å². The molecule has 2 N–H and O–H groups in total. The molecule has 0 atom stereocenters. The Morgan fingerprint density at radius 2 is 0.920 bits per heavy atom. The number of hydrogen-bond donors (Lipinski definition) is 2. The molecule has 4 rings (SSSR count). The van der Waals surface area contributed by atoms with E-state index in [-0.39, 0.29) is 16.9 Å². The summed E-state index contributed by atoms with van der Waals surface area (Å²) in [6.45, 7) is 1.89. The van der Waals surface area contributed by atoms with Crippen molar-refractivity contribution >= 4 is 0 Å². The Hall–Kier alpha value is -2.12. The van der Waals surface area contributed by atoms with Crippen LogP contribution in [0.1, 0.15) is 23.7 Å². The van der Waals surface area contributed by atoms with Crippen molar-refractivity contribution in [2.45, 2.75) is 12.6 Å². The molecule has 0 aromatic heterocycles. The Balaban J connectivity index is 1.35. The maximum absolute atomic E-state index is 9.36. The van der Waals surface area contributed by atoms with Gasteiger partial charge in [-0.05, 0) is 24.3 Å². The molecule has 0 aliphatic carbocycles. The summed E-state index contributed by atoms with van der Waals surface area (Å²) in [6.07, 6.45) is -0.887. The number of rotatable bonds is 2. The first kappa shape index (κ1) is 16.4. The van der Waals surface area contributed by atoms with E-state index in [1.807, 2.05) is 0 Å². The molecule has 25 heavy (non-hydrogen) atoms. The fourth-order valence-corrected chi connectivity index (χ4v) is 3.00. The van der Waals surface area contributed by atoms with E-state index in [9.17, 15) is 10.2 Å². The van der Waals surface area contributed by atoms with Crippen molar-refractivity contribution in [1.82, 2.24) is 0 Å². The average Bonchev–Trinajstić information content (AvgIpc) is 2.65. The van der Waals surface area contributed by atoms with Crippen LogP contribution in [0.15, 0.2) is 48.5 Å². The van der Waals surface area contributed by atoms with Gasteiger partial charge in [0, 0.05) is 11.1 Å². The SMILES string of the molecule is Oc1ccc(C2OCC3(CO2)COC(c2ccc(O)cc2)OC3)cc1. The summed E-state index contributed by atoms with van der Waals surface area (Å²) in [4.78, 5) is 0. The van der Waals surface area contributed by atoms with E-state index in [0.717, 1.165) is 11.1 Å². The number of benzene rings is 2. The molecule has 6 heteroatoms. The van der Waals surface area contributed by atoms with Crippen LogP contribution >= 0.6 is 0 Å². The van der Waals surface area contributed by atoms with Gasteiger partial charge in [0.15, 0.2) is 12.6 Å². The fraction of sp³-hybridized carbons (Fsp3) is 0.368. The third kappa shape index (κ3) is 3.48. The predicted molar refractivity (Wildman–Crippen MR) is 87.9 cm³/mol. The molecule has 1 spiro atoms. The summed E-state index contributed by atoms with van der Waals surface area (Å²) >= 11 is 0. The first-order chi connectivity index (χ1) is 12.1. The summed E-state index contributed by atoms with van der Waals surface area (Å²) in [5, 5.41) is 18.7. The molecule has 0 amide bonds. The van der Waals surface area contributed by atoms with Crippen LogP contribution in [0, 0.1) is 5.41 Å². The molecule has 0 radical (unpaired) electrons. The van der Waals surface area contributed by atoms with E-state index in [2.05, 4.69) is 0 Å². The molecule has 2 aromatic rings. The number of hydrogen-bond acceptors (Lipinski definition) is 6. The average molecular weight is 344 g/mol. The molecule has 0 bridgehead atoms. The first-order valence-electron chi connectivity index (χ1n) is 8.18. The van der Waals surface area contributed by atoms with Crippen LogP contribution < -0.4 is 0 Å². The Morgan fingerprint density at radius 1 is 0.600 bits per heavy atom. The van der Waals surface area contributed by atoms with Crippen molar-refractivity contribution in [2.75, 3.05) is 26.4 Å². The second-order valence-corrected chi connectivity index (χ2v) is 6.59. The molecule has 2 aromatic carbocycles. The number of phenolic OH excluding ortho intramolecular Hbond substituents is 2. The van der Waals surface area contributed by atoms with Crippen molar-refractivity contribution in [3.63, 3.8) is 0 Å². The van der Waals surface area contributed by atoms with Gasteiger partial charge in [0.05, 0.1) is 31.8 Å². The smallest absolute Gasteiger partial charge is 0.183 e. The van der Waals surface area contributed by atoms with Gasteiger partial charge in [0.25, 0.3) is 0 Å². The highest BCUT2D eigenvalue weighted by Gasteiger charge is 2.42. The number of aromatic hydroxyl groups is 2. The van der Waals surface area contributed by atoms with Crippen LogP contribution in [0.2, 0.25) is 0 Å². The van der Waals surface area contributed by atoms with E-state index in [0.29, 0.717) is 26.4 Å². The van der Waals surface area contributed by atoms with E-state index in [4.69, 9.17) is 18.9 Å². The van der Waals surface area contributed by atoms with Gasteiger partial charge in [-0.15, -0.1) is 0 Å². The molecule has 2 heterocycles. The minimum absolute atomic E-state index is 0.213. The molecule has 6 nitrogen and oxygen atoms in total. The normalized spacial score (nSPS) is 29.6. The quantitative estimate of drug-likeness (QED) is 0.872. The maximum Gasteiger partial charge on any atom is 0.183 e. The van der Waals surface area contributed by atoms with Gasteiger partial charge >= 0.3 is 0 Å². The molecule has 2 fully saturated rings. The third-order valence-electron chi connectivity index (χ3n) is 4.49. The van der Waals surface area contributed by atoms with Crippen LogP contribution in [-0.2, 0) is 18.9 Å².